The predicted molar refractivity (Wildman–Crippen MR) is 79.7 cm³/mol. The number of nitrogens with zero attached hydrogens (tertiary/aromatic N) is 1. The lowest BCUT2D eigenvalue weighted by molar-refractivity contribution is 0.529. The molecular formula is C14H25N3O2S. The van der Waals surface area contributed by atoms with Crippen molar-refractivity contribution >= 4 is 10.0 Å². The van der Waals surface area contributed by atoms with E-state index in [4.69, 9.17) is 5.73 Å². The normalized spacial score (nSPS) is 17.4. The van der Waals surface area contributed by atoms with Gasteiger partial charge in [0.05, 0.1) is 4.90 Å². The molecule has 0 bridgehead atoms. The Morgan fingerprint density at radius 2 is 2.20 bits per heavy atom. The van der Waals surface area contributed by atoms with Crippen LogP contribution < -0.4 is 10.5 Å². The van der Waals surface area contributed by atoms with E-state index < -0.39 is 10.0 Å². The fourth-order valence-electron chi connectivity index (χ4n) is 2.53. The van der Waals surface area contributed by atoms with E-state index in [1.165, 1.54) is 12.8 Å². The third-order valence-electron chi connectivity index (χ3n) is 3.68. The summed E-state index contributed by atoms with van der Waals surface area (Å²) < 4.78 is 29.4. The van der Waals surface area contributed by atoms with Crippen LogP contribution in [0, 0.1) is 5.92 Å². The van der Waals surface area contributed by atoms with E-state index in [1.54, 1.807) is 12.3 Å². The van der Waals surface area contributed by atoms with Gasteiger partial charge in [0.1, 0.15) is 0 Å². The molecule has 114 valence electrons. The molecule has 1 aromatic heterocycles. The summed E-state index contributed by atoms with van der Waals surface area (Å²) in [5, 5.41) is 0. The van der Waals surface area contributed by atoms with E-state index in [2.05, 4.69) is 11.6 Å². The van der Waals surface area contributed by atoms with Gasteiger partial charge in [-0.2, -0.15) is 0 Å². The lowest BCUT2D eigenvalue weighted by atomic mass is 10.2. The van der Waals surface area contributed by atoms with E-state index in [9.17, 15) is 8.42 Å². The monoisotopic (exact) mass is 299 g/mol. The molecule has 0 saturated heterocycles. The van der Waals surface area contributed by atoms with Crippen LogP contribution in [0.25, 0.3) is 0 Å². The Kier molecular flexibility index (Phi) is 4.88. The van der Waals surface area contributed by atoms with Crippen LogP contribution >= 0.6 is 0 Å². The predicted octanol–water partition coefficient (Wildman–Crippen LogP) is 1.82. The Morgan fingerprint density at radius 3 is 2.75 bits per heavy atom. The molecule has 0 amide bonds. The van der Waals surface area contributed by atoms with Gasteiger partial charge in [-0.25, -0.2) is 13.1 Å². The van der Waals surface area contributed by atoms with E-state index >= 15 is 0 Å². The molecule has 0 aliphatic heterocycles. The maximum atomic E-state index is 12.4. The zero-order valence-corrected chi connectivity index (χ0v) is 13.1. The van der Waals surface area contributed by atoms with E-state index in [0.29, 0.717) is 17.4 Å². The van der Waals surface area contributed by atoms with Gasteiger partial charge in [-0.1, -0.05) is 19.8 Å². The van der Waals surface area contributed by atoms with Gasteiger partial charge in [-0.3, -0.25) is 0 Å². The number of rotatable bonds is 8. The molecule has 1 atom stereocenters. The Balaban J connectivity index is 2.11. The molecule has 6 heteroatoms. The van der Waals surface area contributed by atoms with Crippen molar-refractivity contribution < 1.29 is 8.42 Å². The van der Waals surface area contributed by atoms with Gasteiger partial charge in [0.2, 0.25) is 10.0 Å². The summed E-state index contributed by atoms with van der Waals surface area (Å²) in [6.07, 6.45) is 6.04. The first-order valence-corrected chi connectivity index (χ1v) is 8.86. The largest absolute Gasteiger partial charge is 0.349 e. The highest BCUT2D eigenvalue weighted by Crippen LogP contribution is 2.33. The second-order valence-corrected chi connectivity index (χ2v) is 7.48. The molecule has 1 aliphatic rings. The van der Waals surface area contributed by atoms with Crippen molar-refractivity contribution in [3.63, 3.8) is 0 Å². The highest BCUT2D eigenvalue weighted by atomic mass is 32.2. The van der Waals surface area contributed by atoms with Gasteiger partial charge in [0.25, 0.3) is 0 Å². The maximum Gasteiger partial charge on any atom is 0.242 e. The van der Waals surface area contributed by atoms with Crippen LogP contribution in [-0.4, -0.2) is 19.0 Å². The Labute approximate surface area is 121 Å². The Bertz CT molecular complexity index is 547. The fraction of sp³-hybridized carbons (Fsp3) is 0.714. The Morgan fingerprint density at radius 1 is 1.50 bits per heavy atom. The smallest absolute Gasteiger partial charge is 0.242 e. The first kappa shape index (κ1) is 15.5. The molecule has 1 aromatic rings. The van der Waals surface area contributed by atoms with Crippen LogP contribution in [-0.2, 0) is 23.1 Å². The number of sulfonamides is 1. The third kappa shape index (κ3) is 3.84. The molecule has 2 rings (SSSR count). The summed E-state index contributed by atoms with van der Waals surface area (Å²) in [4.78, 5) is 0.328. The average molecular weight is 299 g/mol. The molecule has 0 spiro atoms. The summed E-state index contributed by atoms with van der Waals surface area (Å²) in [6, 6.07) is 1.67. The second-order valence-electron chi connectivity index (χ2n) is 5.77. The van der Waals surface area contributed by atoms with Crippen molar-refractivity contribution in [2.75, 3.05) is 0 Å². The summed E-state index contributed by atoms with van der Waals surface area (Å²) in [5.74, 6) is 0.706. The second kappa shape index (κ2) is 6.28. The quantitative estimate of drug-likeness (QED) is 0.768. The zero-order valence-electron chi connectivity index (χ0n) is 12.3. The van der Waals surface area contributed by atoms with E-state index in [1.807, 2.05) is 11.5 Å². The molecule has 0 aromatic carbocycles. The molecule has 1 fully saturated rings. The van der Waals surface area contributed by atoms with E-state index in [0.717, 1.165) is 25.1 Å². The van der Waals surface area contributed by atoms with Gasteiger partial charge in [0, 0.05) is 31.0 Å². The SMILES string of the molecule is CCCn1cc(S(=O)(=O)NC(C)CC2CC2)cc1CN. The molecule has 0 radical (unpaired) electrons. The minimum absolute atomic E-state index is 0.0108. The molecule has 1 aliphatic carbocycles. The fourth-order valence-corrected chi connectivity index (χ4v) is 3.85. The van der Waals surface area contributed by atoms with Crippen LogP contribution in [0.2, 0.25) is 0 Å². The summed E-state index contributed by atoms with van der Waals surface area (Å²) in [6.45, 7) is 5.14. The number of hydrogen-bond donors (Lipinski definition) is 2. The van der Waals surface area contributed by atoms with Gasteiger partial charge in [-0.15, -0.1) is 0 Å². The standard InChI is InChI=1S/C14H25N3O2S/c1-3-6-17-10-14(8-13(17)9-15)20(18,19)16-11(2)7-12-4-5-12/h8,10-12,16H,3-7,9,15H2,1-2H3. The molecule has 5 nitrogen and oxygen atoms in total. The van der Waals surface area contributed by atoms with Crippen LogP contribution in [0.3, 0.4) is 0 Å². The van der Waals surface area contributed by atoms with Crippen molar-refractivity contribution in [2.45, 2.75) is 63.6 Å². The summed E-state index contributed by atoms with van der Waals surface area (Å²) in [5.41, 5.74) is 6.54. The van der Waals surface area contributed by atoms with Crippen molar-refractivity contribution in [1.82, 2.24) is 9.29 Å². The molecule has 20 heavy (non-hydrogen) atoms. The van der Waals surface area contributed by atoms with Gasteiger partial charge in [-0.05, 0) is 31.7 Å². The van der Waals surface area contributed by atoms with Crippen LogP contribution in [0.5, 0.6) is 0 Å². The number of nitrogens with two attached hydrogens (primary N) is 1. The van der Waals surface area contributed by atoms with Crippen LogP contribution in [0.1, 0.15) is 45.2 Å². The minimum Gasteiger partial charge on any atom is -0.349 e. The highest BCUT2D eigenvalue weighted by Gasteiger charge is 2.26. The van der Waals surface area contributed by atoms with Crippen molar-refractivity contribution in [3.8, 4) is 0 Å². The first-order valence-electron chi connectivity index (χ1n) is 7.37. The summed E-state index contributed by atoms with van der Waals surface area (Å²) >= 11 is 0. The summed E-state index contributed by atoms with van der Waals surface area (Å²) in [7, 11) is -3.43. The maximum absolute atomic E-state index is 12.4. The van der Waals surface area contributed by atoms with Gasteiger partial charge < -0.3 is 10.3 Å². The molecular weight excluding hydrogens is 274 g/mol. The molecule has 3 N–H and O–H groups in total. The topological polar surface area (TPSA) is 77.1 Å². The molecule has 1 saturated carbocycles. The van der Waals surface area contributed by atoms with Crippen molar-refractivity contribution in [3.05, 3.63) is 18.0 Å². The zero-order chi connectivity index (χ0) is 14.8. The van der Waals surface area contributed by atoms with Gasteiger partial charge >= 0.3 is 0 Å². The lowest BCUT2D eigenvalue weighted by Crippen LogP contribution is -2.32. The highest BCUT2D eigenvalue weighted by molar-refractivity contribution is 7.89. The van der Waals surface area contributed by atoms with Gasteiger partial charge in [0.15, 0.2) is 0 Å². The minimum atomic E-state index is -3.43. The number of aryl methyl sites for hydroxylation is 1. The molecule has 1 heterocycles. The average Bonchev–Trinajstić information content (AvgIpc) is 3.06. The van der Waals surface area contributed by atoms with Crippen molar-refractivity contribution in [1.29, 1.82) is 0 Å². The van der Waals surface area contributed by atoms with Crippen LogP contribution in [0.15, 0.2) is 17.2 Å². The van der Waals surface area contributed by atoms with Crippen molar-refractivity contribution in [2.24, 2.45) is 11.7 Å². The van der Waals surface area contributed by atoms with E-state index in [-0.39, 0.29) is 6.04 Å². The first-order chi connectivity index (χ1) is 9.46. The Hall–Kier alpha value is -0.850. The third-order valence-corrected chi connectivity index (χ3v) is 5.24. The molecule has 1 unspecified atom stereocenters. The van der Waals surface area contributed by atoms with Crippen LogP contribution in [0.4, 0.5) is 0 Å². The number of hydrogen-bond acceptors (Lipinski definition) is 3. The number of aromatic nitrogens is 1. The lowest BCUT2D eigenvalue weighted by Gasteiger charge is -2.12. The number of nitrogens with one attached hydrogen (secondary N) is 1.